The van der Waals surface area contributed by atoms with E-state index in [0.717, 1.165) is 50.2 Å². The van der Waals surface area contributed by atoms with Crippen molar-refractivity contribution < 1.29 is 18.0 Å². The lowest BCUT2D eigenvalue weighted by Gasteiger charge is -2.32. The number of carbonyl (C=O) groups is 2. The van der Waals surface area contributed by atoms with Crippen LogP contribution >= 0.6 is 0 Å². The number of likely N-dealkylation sites (tertiary alicyclic amines) is 1. The largest absolute Gasteiger partial charge is 0.354 e. The van der Waals surface area contributed by atoms with Crippen molar-refractivity contribution in [2.75, 3.05) is 38.2 Å². The average Bonchev–Trinajstić information content (AvgIpc) is 3.19. The first-order valence-electron chi connectivity index (χ1n) is 12.9. The summed E-state index contributed by atoms with van der Waals surface area (Å²) >= 11 is 0. The van der Waals surface area contributed by atoms with E-state index in [1.807, 2.05) is 12.1 Å². The molecule has 0 bridgehead atoms. The highest BCUT2D eigenvalue weighted by atomic mass is 32.2. The van der Waals surface area contributed by atoms with E-state index in [0.29, 0.717) is 18.7 Å². The highest BCUT2D eigenvalue weighted by Gasteiger charge is 2.36. The Bertz CT molecular complexity index is 1140. The zero-order valence-electron chi connectivity index (χ0n) is 21.1. The number of nitrogens with one attached hydrogen (secondary N) is 1. The highest BCUT2D eigenvalue weighted by Crippen LogP contribution is 2.26. The predicted octanol–water partition coefficient (Wildman–Crippen LogP) is 2.91. The lowest BCUT2D eigenvalue weighted by Crippen LogP contribution is -2.48. The summed E-state index contributed by atoms with van der Waals surface area (Å²) in [6.07, 6.45) is 5.59. The Morgan fingerprint density at radius 1 is 1.06 bits per heavy atom. The van der Waals surface area contributed by atoms with Crippen molar-refractivity contribution in [3.63, 3.8) is 0 Å². The third-order valence-corrected chi connectivity index (χ3v) is 8.29. The Morgan fingerprint density at radius 3 is 2.44 bits per heavy atom. The van der Waals surface area contributed by atoms with Crippen LogP contribution in [0.25, 0.3) is 0 Å². The fraction of sp³-hybridized carbons (Fsp3) is 0.500. The number of fused-ring (bicyclic) bond motifs is 1. The van der Waals surface area contributed by atoms with E-state index in [4.69, 9.17) is 0 Å². The molecule has 2 aromatic rings. The van der Waals surface area contributed by atoms with Gasteiger partial charge in [0.05, 0.1) is 5.75 Å². The van der Waals surface area contributed by atoms with E-state index in [2.05, 4.69) is 40.5 Å². The summed E-state index contributed by atoms with van der Waals surface area (Å²) in [4.78, 5) is 30.0. The molecule has 0 aliphatic carbocycles. The lowest BCUT2D eigenvalue weighted by molar-refractivity contribution is -0.125. The van der Waals surface area contributed by atoms with Gasteiger partial charge in [0.1, 0.15) is 15.9 Å². The third-order valence-electron chi connectivity index (χ3n) is 7.31. The summed E-state index contributed by atoms with van der Waals surface area (Å²) in [5.41, 5.74) is 2.87. The molecule has 2 aliphatic heterocycles. The average molecular weight is 512 g/mol. The molecule has 1 saturated heterocycles. The minimum atomic E-state index is -3.26. The monoisotopic (exact) mass is 511 g/mol. The van der Waals surface area contributed by atoms with Crippen LogP contribution in [0.15, 0.2) is 54.6 Å². The van der Waals surface area contributed by atoms with Gasteiger partial charge in [0.2, 0.25) is 5.91 Å². The van der Waals surface area contributed by atoms with Crippen LogP contribution < -0.4 is 5.32 Å². The minimum absolute atomic E-state index is 0.0966. The van der Waals surface area contributed by atoms with Gasteiger partial charge >= 0.3 is 0 Å². The summed E-state index contributed by atoms with van der Waals surface area (Å²) in [6.45, 7) is 3.90. The van der Waals surface area contributed by atoms with Crippen molar-refractivity contribution in [2.24, 2.45) is 5.92 Å². The van der Waals surface area contributed by atoms with Crippen LogP contribution in [0.4, 0.5) is 0 Å². The van der Waals surface area contributed by atoms with Gasteiger partial charge in [-0.05, 0) is 74.8 Å². The van der Waals surface area contributed by atoms with Gasteiger partial charge in [0, 0.05) is 24.9 Å². The van der Waals surface area contributed by atoms with Crippen molar-refractivity contribution in [2.45, 2.75) is 44.7 Å². The molecule has 36 heavy (non-hydrogen) atoms. The molecule has 1 atom stereocenters. The predicted molar refractivity (Wildman–Crippen MR) is 141 cm³/mol. The SMILES string of the molecule is CS(=O)(=O)CCC(C(=O)NCCCN1CCC(Cc2ccccc2)CC1)N1Cc2ccccc2C1=O. The van der Waals surface area contributed by atoms with Crippen LogP contribution in [-0.4, -0.2) is 74.3 Å². The number of hydrogen-bond donors (Lipinski definition) is 1. The fourth-order valence-corrected chi connectivity index (χ4v) is 5.93. The smallest absolute Gasteiger partial charge is 0.255 e. The molecule has 2 aromatic carbocycles. The molecule has 0 radical (unpaired) electrons. The zero-order chi connectivity index (χ0) is 25.5. The molecular weight excluding hydrogens is 474 g/mol. The van der Waals surface area contributed by atoms with Gasteiger partial charge in [0.25, 0.3) is 5.91 Å². The Hall–Kier alpha value is -2.71. The molecule has 7 nitrogen and oxygen atoms in total. The minimum Gasteiger partial charge on any atom is -0.354 e. The van der Waals surface area contributed by atoms with E-state index >= 15 is 0 Å². The standard InChI is InChI=1S/C28H37N3O4S/c1-36(34,35)19-14-26(31-21-24-10-5-6-11-25(24)28(31)33)27(32)29-15-7-16-30-17-12-23(13-18-30)20-22-8-3-2-4-9-22/h2-6,8-11,23,26H,7,12-21H2,1H3,(H,29,32). The Morgan fingerprint density at radius 2 is 1.75 bits per heavy atom. The molecule has 2 amide bonds. The van der Waals surface area contributed by atoms with Crippen LogP contribution in [-0.2, 0) is 27.6 Å². The number of sulfone groups is 1. The molecule has 0 spiro atoms. The Labute approximate surface area is 214 Å². The molecule has 0 saturated carbocycles. The van der Waals surface area contributed by atoms with Crippen LogP contribution in [0, 0.1) is 5.92 Å². The molecule has 2 aliphatic rings. The van der Waals surface area contributed by atoms with E-state index in [1.54, 1.807) is 12.1 Å². The first-order valence-corrected chi connectivity index (χ1v) is 15.0. The maximum atomic E-state index is 13.1. The Balaban J connectivity index is 1.23. The van der Waals surface area contributed by atoms with Crippen LogP contribution in [0.5, 0.6) is 0 Å². The maximum Gasteiger partial charge on any atom is 0.255 e. The Kier molecular flexibility index (Phi) is 8.80. The van der Waals surface area contributed by atoms with Crippen LogP contribution in [0.1, 0.15) is 47.2 Å². The normalized spacial score (nSPS) is 17.7. The molecule has 0 aromatic heterocycles. The van der Waals surface area contributed by atoms with Crippen molar-refractivity contribution in [1.29, 1.82) is 0 Å². The number of hydrogen-bond acceptors (Lipinski definition) is 5. The van der Waals surface area contributed by atoms with Crippen LogP contribution in [0.3, 0.4) is 0 Å². The molecular formula is C28H37N3O4S. The molecule has 1 N–H and O–H groups in total. The summed E-state index contributed by atoms with van der Waals surface area (Å²) in [6, 6.07) is 17.2. The fourth-order valence-electron chi connectivity index (χ4n) is 5.28. The van der Waals surface area contributed by atoms with Gasteiger partial charge in [-0.2, -0.15) is 0 Å². The van der Waals surface area contributed by atoms with Gasteiger partial charge in [-0.25, -0.2) is 8.42 Å². The van der Waals surface area contributed by atoms with E-state index in [9.17, 15) is 18.0 Å². The third kappa shape index (κ3) is 7.17. The lowest BCUT2D eigenvalue weighted by atomic mass is 9.90. The molecule has 194 valence electrons. The van der Waals surface area contributed by atoms with E-state index < -0.39 is 15.9 Å². The van der Waals surface area contributed by atoms with Gasteiger partial charge in [-0.1, -0.05) is 48.5 Å². The van der Waals surface area contributed by atoms with Crippen molar-refractivity contribution >= 4 is 21.7 Å². The van der Waals surface area contributed by atoms with E-state index in [-0.39, 0.29) is 24.0 Å². The number of benzene rings is 2. The summed E-state index contributed by atoms with van der Waals surface area (Å²) in [5.74, 6) is 0.100. The van der Waals surface area contributed by atoms with Crippen molar-refractivity contribution in [3.8, 4) is 0 Å². The highest BCUT2D eigenvalue weighted by molar-refractivity contribution is 7.90. The molecule has 4 rings (SSSR count). The maximum absolute atomic E-state index is 13.1. The second kappa shape index (κ2) is 12.0. The number of carbonyl (C=O) groups excluding carboxylic acids is 2. The number of rotatable bonds is 11. The van der Waals surface area contributed by atoms with E-state index in [1.165, 1.54) is 23.3 Å². The van der Waals surface area contributed by atoms with Crippen LogP contribution in [0.2, 0.25) is 0 Å². The molecule has 1 unspecified atom stereocenters. The topological polar surface area (TPSA) is 86.8 Å². The zero-order valence-corrected chi connectivity index (χ0v) is 21.9. The molecule has 2 heterocycles. The summed E-state index contributed by atoms with van der Waals surface area (Å²) in [5, 5.41) is 2.97. The quantitative estimate of drug-likeness (QED) is 0.469. The van der Waals surface area contributed by atoms with Crippen molar-refractivity contribution in [1.82, 2.24) is 15.1 Å². The van der Waals surface area contributed by atoms with Gasteiger partial charge in [-0.3, -0.25) is 9.59 Å². The van der Waals surface area contributed by atoms with Crippen molar-refractivity contribution in [3.05, 3.63) is 71.3 Å². The first kappa shape index (κ1) is 26.4. The number of amides is 2. The van der Waals surface area contributed by atoms with Gasteiger partial charge in [-0.15, -0.1) is 0 Å². The van der Waals surface area contributed by atoms with Gasteiger partial charge < -0.3 is 15.1 Å². The summed E-state index contributed by atoms with van der Waals surface area (Å²) < 4.78 is 23.6. The summed E-state index contributed by atoms with van der Waals surface area (Å²) in [7, 11) is -3.26. The molecule has 1 fully saturated rings. The number of piperidine rings is 1. The second-order valence-electron chi connectivity index (χ2n) is 10.1. The van der Waals surface area contributed by atoms with Gasteiger partial charge in [0.15, 0.2) is 0 Å². The second-order valence-corrected chi connectivity index (χ2v) is 12.4. The first-order chi connectivity index (χ1) is 17.3. The number of nitrogens with zero attached hydrogens (tertiary/aromatic N) is 2. The molecule has 8 heteroatoms.